The van der Waals surface area contributed by atoms with Crippen molar-refractivity contribution in [3.63, 3.8) is 0 Å². The molecular formula is C19H27NO2S. The topological polar surface area (TPSA) is 21.7 Å². The second-order valence-corrected chi connectivity index (χ2v) is 9.02. The highest BCUT2D eigenvalue weighted by atomic mass is 32.2. The van der Waals surface area contributed by atoms with Gasteiger partial charge < -0.3 is 14.4 Å². The van der Waals surface area contributed by atoms with E-state index in [0.717, 1.165) is 11.5 Å². The Hall–Kier alpha value is -0.870. The fourth-order valence-electron chi connectivity index (χ4n) is 5.04. The van der Waals surface area contributed by atoms with Gasteiger partial charge in [0.05, 0.1) is 14.2 Å². The molecule has 3 fully saturated rings. The van der Waals surface area contributed by atoms with Crippen molar-refractivity contribution in [2.24, 2.45) is 0 Å². The molecule has 126 valence electrons. The van der Waals surface area contributed by atoms with E-state index in [0.29, 0.717) is 16.2 Å². The molecule has 1 aromatic rings. The SMILES string of the molecule is COc1ccc([C@]23CCN(C)[C@H]2CC2(CCS2)CC3)cc1OC. The van der Waals surface area contributed by atoms with Gasteiger partial charge in [-0.3, -0.25) is 0 Å². The number of likely N-dealkylation sites (N-methyl/N-ethyl adjacent to an activating group) is 1. The molecule has 2 heterocycles. The fraction of sp³-hybridized carbons (Fsp3) is 0.684. The summed E-state index contributed by atoms with van der Waals surface area (Å²) in [7, 11) is 5.76. The molecule has 0 N–H and O–H groups in total. The molecule has 1 saturated carbocycles. The molecule has 0 aromatic heterocycles. The first-order chi connectivity index (χ1) is 11.1. The van der Waals surface area contributed by atoms with Crippen LogP contribution >= 0.6 is 11.8 Å². The van der Waals surface area contributed by atoms with Crippen LogP contribution in [0.1, 0.15) is 37.7 Å². The average molecular weight is 333 g/mol. The van der Waals surface area contributed by atoms with E-state index >= 15 is 0 Å². The van der Waals surface area contributed by atoms with E-state index in [2.05, 4.69) is 41.9 Å². The molecule has 0 amide bonds. The zero-order valence-electron chi connectivity index (χ0n) is 14.4. The Kier molecular flexibility index (Phi) is 3.80. The summed E-state index contributed by atoms with van der Waals surface area (Å²) >= 11 is 2.22. The Labute approximate surface area is 143 Å². The van der Waals surface area contributed by atoms with Gasteiger partial charge in [0.1, 0.15) is 0 Å². The van der Waals surface area contributed by atoms with E-state index in [1.165, 1.54) is 50.0 Å². The number of hydrogen-bond acceptors (Lipinski definition) is 4. The summed E-state index contributed by atoms with van der Waals surface area (Å²) in [6, 6.07) is 7.26. The van der Waals surface area contributed by atoms with Crippen molar-refractivity contribution < 1.29 is 9.47 Å². The van der Waals surface area contributed by atoms with E-state index in [1.807, 2.05) is 0 Å². The number of methoxy groups -OCH3 is 2. The minimum Gasteiger partial charge on any atom is -0.493 e. The van der Waals surface area contributed by atoms with E-state index in [4.69, 9.17) is 9.47 Å². The summed E-state index contributed by atoms with van der Waals surface area (Å²) in [5, 5.41) is 0. The predicted molar refractivity (Wildman–Crippen MR) is 95.9 cm³/mol. The van der Waals surface area contributed by atoms with Crippen LogP contribution in [0, 0.1) is 0 Å². The third-order valence-corrected chi connectivity index (χ3v) is 8.19. The number of nitrogens with zero attached hydrogens (tertiary/aromatic N) is 1. The number of hydrogen-bond donors (Lipinski definition) is 0. The quantitative estimate of drug-likeness (QED) is 0.841. The fourth-order valence-corrected chi connectivity index (χ4v) is 6.35. The maximum Gasteiger partial charge on any atom is 0.161 e. The smallest absolute Gasteiger partial charge is 0.161 e. The van der Waals surface area contributed by atoms with Crippen LogP contribution in [-0.4, -0.2) is 49.3 Å². The van der Waals surface area contributed by atoms with E-state index in [1.54, 1.807) is 14.2 Å². The maximum absolute atomic E-state index is 5.57. The first-order valence-electron chi connectivity index (χ1n) is 8.69. The minimum absolute atomic E-state index is 0.301. The summed E-state index contributed by atoms with van der Waals surface area (Å²) in [5.74, 6) is 3.06. The van der Waals surface area contributed by atoms with Gasteiger partial charge in [-0.05, 0) is 69.1 Å². The number of rotatable bonds is 3. The molecule has 3 atom stereocenters. The van der Waals surface area contributed by atoms with Crippen molar-refractivity contribution >= 4 is 11.8 Å². The van der Waals surface area contributed by atoms with Crippen molar-refractivity contribution in [2.45, 2.75) is 48.3 Å². The first-order valence-corrected chi connectivity index (χ1v) is 9.68. The Morgan fingerprint density at radius 2 is 1.87 bits per heavy atom. The van der Waals surface area contributed by atoms with Crippen LogP contribution in [0.25, 0.3) is 0 Å². The van der Waals surface area contributed by atoms with Crippen molar-refractivity contribution in [2.75, 3.05) is 33.6 Å². The van der Waals surface area contributed by atoms with Crippen molar-refractivity contribution in [3.05, 3.63) is 23.8 Å². The molecule has 4 heteroatoms. The lowest BCUT2D eigenvalue weighted by Gasteiger charge is -2.54. The van der Waals surface area contributed by atoms with Crippen LogP contribution in [0.15, 0.2) is 18.2 Å². The van der Waals surface area contributed by atoms with Crippen LogP contribution in [0.2, 0.25) is 0 Å². The van der Waals surface area contributed by atoms with Gasteiger partial charge in [-0.25, -0.2) is 0 Å². The zero-order valence-corrected chi connectivity index (χ0v) is 15.2. The number of likely N-dealkylation sites (tertiary alicyclic amines) is 1. The Morgan fingerprint density at radius 1 is 1.09 bits per heavy atom. The van der Waals surface area contributed by atoms with Crippen LogP contribution < -0.4 is 9.47 Å². The van der Waals surface area contributed by atoms with Gasteiger partial charge >= 0.3 is 0 Å². The third kappa shape index (κ3) is 2.29. The third-order valence-electron chi connectivity index (χ3n) is 6.60. The molecule has 3 aliphatic rings. The maximum atomic E-state index is 5.57. The zero-order chi connectivity index (χ0) is 16.1. The number of thioether (sulfide) groups is 1. The van der Waals surface area contributed by atoms with Crippen molar-refractivity contribution in [3.8, 4) is 11.5 Å². The second kappa shape index (κ2) is 5.59. The number of ether oxygens (including phenoxy) is 2. The van der Waals surface area contributed by atoms with E-state index in [9.17, 15) is 0 Å². The highest BCUT2D eigenvalue weighted by molar-refractivity contribution is 8.02. The summed E-state index contributed by atoms with van der Waals surface area (Å²) in [6.45, 7) is 1.21. The van der Waals surface area contributed by atoms with Crippen molar-refractivity contribution in [1.82, 2.24) is 4.90 Å². The van der Waals surface area contributed by atoms with Gasteiger partial charge in [0.2, 0.25) is 0 Å². The largest absolute Gasteiger partial charge is 0.493 e. The summed E-state index contributed by atoms with van der Waals surface area (Å²) in [4.78, 5) is 2.61. The molecule has 1 aromatic carbocycles. The Balaban J connectivity index is 1.71. The van der Waals surface area contributed by atoms with Crippen LogP contribution in [0.3, 0.4) is 0 Å². The molecule has 0 radical (unpaired) electrons. The van der Waals surface area contributed by atoms with Crippen LogP contribution in [0.4, 0.5) is 0 Å². The first kappa shape index (κ1) is 15.6. The van der Waals surface area contributed by atoms with Crippen LogP contribution in [-0.2, 0) is 5.41 Å². The van der Waals surface area contributed by atoms with Gasteiger partial charge in [-0.1, -0.05) is 6.07 Å². The lowest BCUT2D eigenvalue weighted by molar-refractivity contribution is 0.148. The highest BCUT2D eigenvalue weighted by Gasteiger charge is 2.56. The van der Waals surface area contributed by atoms with E-state index in [-0.39, 0.29) is 0 Å². The minimum atomic E-state index is 0.301. The molecule has 23 heavy (non-hydrogen) atoms. The molecule has 1 spiro atoms. The normalized spacial score (nSPS) is 36.6. The lowest BCUT2D eigenvalue weighted by Crippen LogP contribution is -2.53. The molecular weight excluding hydrogens is 306 g/mol. The molecule has 3 nitrogen and oxygen atoms in total. The Bertz CT molecular complexity index is 601. The molecule has 2 saturated heterocycles. The molecule has 4 rings (SSSR count). The summed E-state index contributed by atoms with van der Waals surface area (Å²) < 4.78 is 11.6. The van der Waals surface area contributed by atoms with Gasteiger partial charge in [0.15, 0.2) is 11.5 Å². The number of fused-ring (bicyclic) bond motifs is 1. The standard InChI is InChI=1S/C19H27NO2S/c1-20-10-8-19(7-6-18(9-11-23-18)13-17(19)20)14-4-5-15(21-2)16(12-14)22-3/h4-5,12,17H,6-11,13H2,1-3H3/t17-,18?,19-/m0/s1. The second-order valence-electron chi connectivity index (χ2n) is 7.46. The summed E-state index contributed by atoms with van der Waals surface area (Å²) in [5.41, 5.74) is 1.75. The van der Waals surface area contributed by atoms with E-state index < -0.39 is 0 Å². The van der Waals surface area contributed by atoms with Crippen LogP contribution in [0.5, 0.6) is 11.5 Å². The van der Waals surface area contributed by atoms with Crippen molar-refractivity contribution in [1.29, 1.82) is 0 Å². The monoisotopic (exact) mass is 333 g/mol. The number of benzene rings is 1. The molecule has 2 aliphatic heterocycles. The molecule has 1 aliphatic carbocycles. The average Bonchev–Trinajstić information content (AvgIpc) is 2.90. The van der Waals surface area contributed by atoms with Gasteiger partial charge in [-0.2, -0.15) is 11.8 Å². The Morgan fingerprint density at radius 3 is 2.52 bits per heavy atom. The summed E-state index contributed by atoms with van der Waals surface area (Å²) in [6.07, 6.45) is 6.72. The van der Waals surface area contributed by atoms with Gasteiger partial charge in [0, 0.05) is 16.2 Å². The highest BCUT2D eigenvalue weighted by Crippen LogP contribution is 2.59. The van der Waals surface area contributed by atoms with Gasteiger partial charge in [-0.15, -0.1) is 0 Å². The predicted octanol–water partition coefficient (Wildman–Crippen LogP) is 3.71. The lowest BCUT2D eigenvalue weighted by atomic mass is 9.62. The molecule has 0 bridgehead atoms. The molecule has 1 unspecified atom stereocenters. The van der Waals surface area contributed by atoms with Gasteiger partial charge in [0.25, 0.3) is 0 Å².